The van der Waals surface area contributed by atoms with Crippen molar-refractivity contribution in [2.24, 2.45) is 0 Å². The monoisotopic (exact) mass is 172 g/mol. The Bertz CT molecular complexity index is 394. The van der Waals surface area contributed by atoms with E-state index in [0.717, 1.165) is 17.4 Å². The zero-order valence-corrected chi connectivity index (χ0v) is 7.20. The van der Waals surface area contributed by atoms with Crippen molar-refractivity contribution in [2.75, 3.05) is 0 Å². The Morgan fingerprint density at radius 2 is 2.08 bits per heavy atom. The Balaban J connectivity index is 3.11. The van der Waals surface area contributed by atoms with Crippen LogP contribution in [0, 0.1) is 18.8 Å². The minimum atomic E-state index is 0.549. The van der Waals surface area contributed by atoms with Crippen LogP contribution in [0.2, 0.25) is 0 Å². The first-order chi connectivity index (χ1) is 6.27. The first-order valence-electron chi connectivity index (χ1n) is 3.79. The first kappa shape index (κ1) is 9.21. The summed E-state index contributed by atoms with van der Waals surface area (Å²) >= 11 is 0. The second kappa shape index (κ2) is 4.22. The van der Waals surface area contributed by atoms with E-state index in [-0.39, 0.29) is 0 Å². The lowest BCUT2D eigenvalue weighted by Gasteiger charge is -1.97. The summed E-state index contributed by atoms with van der Waals surface area (Å²) in [7, 11) is 0. The molecule has 0 aromatic heterocycles. The maximum atomic E-state index is 10.4. The topological polar surface area (TPSA) is 34.1 Å². The molecule has 0 aliphatic carbocycles. The van der Waals surface area contributed by atoms with Gasteiger partial charge in [-0.2, -0.15) is 0 Å². The van der Waals surface area contributed by atoms with E-state index in [1.54, 1.807) is 18.2 Å². The number of benzene rings is 1. The Kier molecular flexibility index (Phi) is 2.99. The molecule has 2 nitrogen and oxygen atoms in total. The number of aryl methyl sites for hydroxylation is 1. The fourth-order valence-electron chi connectivity index (χ4n) is 1.01. The van der Waals surface area contributed by atoms with Gasteiger partial charge in [0, 0.05) is 11.1 Å². The molecule has 1 rings (SSSR count). The minimum absolute atomic E-state index is 0.549. The van der Waals surface area contributed by atoms with Crippen LogP contribution < -0.4 is 0 Å². The molecule has 0 saturated carbocycles. The normalized spacial score (nSPS) is 8.38. The standard InChI is InChI=1S/C11H8O2/c1-9-7-10(8-13)4-5-11(9)3-2-6-12/h4-8H,1H3. The molecule has 0 bridgehead atoms. The Morgan fingerprint density at radius 1 is 1.31 bits per heavy atom. The van der Waals surface area contributed by atoms with Gasteiger partial charge in [0.25, 0.3) is 0 Å². The van der Waals surface area contributed by atoms with Gasteiger partial charge in [0.2, 0.25) is 0 Å². The number of rotatable bonds is 1. The molecule has 0 radical (unpaired) electrons. The highest BCUT2D eigenvalue weighted by Crippen LogP contribution is 2.08. The summed E-state index contributed by atoms with van der Waals surface area (Å²) in [5.41, 5.74) is 2.30. The third-order valence-electron chi connectivity index (χ3n) is 1.65. The lowest BCUT2D eigenvalue weighted by molar-refractivity contribution is -0.103. The third kappa shape index (κ3) is 2.28. The summed E-state index contributed by atoms with van der Waals surface area (Å²) in [5.74, 6) is 5.00. The van der Waals surface area contributed by atoms with Crippen molar-refractivity contribution in [3.8, 4) is 11.8 Å². The second-order valence-corrected chi connectivity index (χ2v) is 2.58. The van der Waals surface area contributed by atoms with E-state index in [4.69, 9.17) is 0 Å². The van der Waals surface area contributed by atoms with Gasteiger partial charge in [-0.1, -0.05) is 12.0 Å². The summed E-state index contributed by atoms with van der Waals surface area (Å²) < 4.78 is 0. The van der Waals surface area contributed by atoms with Gasteiger partial charge >= 0.3 is 0 Å². The van der Waals surface area contributed by atoms with Gasteiger partial charge in [-0.05, 0) is 30.5 Å². The molecule has 1 aromatic carbocycles. The Labute approximate surface area is 76.6 Å². The molecule has 2 heteroatoms. The first-order valence-corrected chi connectivity index (χ1v) is 3.79. The van der Waals surface area contributed by atoms with Gasteiger partial charge in [-0.15, -0.1) is 0 Å². The van der Waals surface area contributed by atoms with E-state index in [0.29, 0.717) is 11.8 Å². The van der Waals surface area contributed by atoms with E-state index in [1.165, 1.54) is 0 Å². The Morgan fingerprint density at radius 3 is 2.62 bits per heavy atom. The lowest BCUT2D eigenvalue weighted by atomic mass is 10.1. The molecule has 64 valence electrons. The van der Waals surface area contributed by atoms with Crippen LogP contribution in [0.4, 0.5) is 0 Å². The van der Waals surface area contributed by atoms with Crippen molar-refractivity contribution in [1.82, 2.24) is 0 Å². The van der Waals surface area contributed by atoms with Crippen LogP contribution in [0.5, 0.6) is 0 Å². The highest BCUT2D eigenvalue weighted by Gasteiger charge is 1.95. The maximum Gasteiger partial charge on any atom is 0.193 e. The predicted octanol–water partition coefficient (Wildman–Crippen LogP) is 1.36. The number of hydrogen-bond acceptors (Lipinski definition) is 2. The molecule has 0 saturated heterocycles. The summed E-state index contributed by atoms with van der Waals surface area (Å²) in [5, 5.41) is 0. The van der Waals surface area contributed by atoms with Crippen molar-refractivity contribution in [3.05, 3.63) is 34.9 Å². The maximum absolute atomic E-state index is 10.4. The molecule has 0 spiro atoms. The molecular weight excluding hydrogens is 164 g/mol. The molecule has 0 fully saturated rings. The Hall–Kier alpha value is -1.88. The lowest BCUT2D eigenvalue weighted by Crippen LogP contribution is -1.86. The quantitative estimate of drug-likeness (QED) is 0.473. The van der Waals surface area contributed by atoms with Gasteiger partial charge < -0.3 is 0 Å². The van der Waals surface area contributed by atoms with E-state index >= 15 is 0 Å². The highest BCUT2D eigenvalue weighted by molar-refractivity contribution is 5.77. The minimum Gasteiger partial charge on any atom is -0.298 e. The van der Waals surface area contributed by atoms with Crippen molar-refractivity contribution in [3.63, 3.8) is 0 Å². The predicted molar refractivity (Wildman–Crippen MR) is 49.5 cm³/mol. The average molecular weight is 172 g/mol. The third-order valence-corrected chi connectivity index (χ3v) is 1.65. The summed E-state index contributed by atoms with van der Waals surface area (Å²) in [6.07, 6.45) is 1.33. The molecule has 0 aliphatic rings. The van der Waals surface area contributed by atoms with Crippen LogP contribution in [0.3, 0.4) is 0 Å². The fourth-order valence-corrected chi connectivity index (χ4v) is 1.01. The molecule has 0 aliphatic heterocycles. The molecule has 0 heterocycles. The molecule has 13 heavy (non-hydrogen) atoms. The van der Waals surface area contributed by atoms with Crippen LogP contribution in [-0.4, -0.2) is 12.6 Å². The van der Waals surface area contributed by atoms with Crippen LogP contribution in [-0.2, 0) is 4.79 Å². The van der Waals surface area contributed by atoms with Crippen LogP contribution in [0.25, 0.3) is 0 Å². The number of aldehydes is 2. The SMILES string of the molecule is Cc1cc(C=O)ccc1C#CC=O. The van der Waals surface area contributed by atoms with Crippen LogP contribution in [0.15, 0.2) is 18.2 Å². The molecule has 0 amide bonds. The van der Waals surface area contributed by atoms with E-state index in [1.807, 2.05) is 6.92 Å². The fraction of sp³-hybridized carbons (Fsp3) is 0.0909. The molecular formula is C11H8O2. The van der Waals surface area contributed by atoms with E-state index < -0.39 is 0 Å². The second-order valence-electron chi connectivity index (χ2n) is 2.58. The zero-order chi connectivity index (χ0) is 9.68. The molecule has 1 aromatic rings. The zero-order valence-electron chi connectivity index (χ0n) is 7.20. The van der Waals surface area contributed by atoms with Crippen molar-refractivity contribution < 1.29 is 9.59 Å². The van der Waals surface area contributed by atoms with Gasteiger partial charge in [-0.3, -0.25) is 9.59 Å². The van der Waals surface area contributed by atoms with Crippen LogP contribution in [0.1, 0.15) is 21.5 Å². The highest BCUT2D eigenvalue weighted by atomic mass is 16.1. The summed E-state index contributed by atoms with van der Waals surface area (Å²) in [6.45, 7) is 1.85. The van der Waals surface area contributed by atoms with Crippen molar-refractivity contribution in [1.29, 1.82) is 0 Å². The van der Waals surface area contributed by atoms with Crippen molar-refractivity contribution in [2.45, 2.75) is 6.92 Å². The summed E-state index contributed by atoms with van der Waals surface area (Å²) in [4.78, 5) is 20.4. The van der Waals surface area contributed by atoms with Gasteiger partial charge in [0.15, 0.2) is 6.29 Å². The number of hydrogen-bond donors (Lipinski definition) is 0. The largest absolute Gasteiger partial charge is 0.298 e. The van der Waals surface area contributed by atoms with E-state index in [2.05, 4.69) is 11.8 Å². The molecule has 0 atom stereocenters. The van der Waals surface area contributed by atoms with E-state index in [9.17, 15) is 9.59 Å². The smallest absolute Gasteiger partial charge is 0.193 e. The van der Waals surface area contributed by atoms with Gasteiger partial charge in [0.05, 0.1) is 0 Å². The van der Waals surface area contributed by atoms with Crippen LogP contribution >= 0.6 is 0 Å². The number of carbonyl (C=O) groups excluding carboxylic acids is 2. The van der Waals surface area contributed by atoms with Gasteiger partial charge in [0.1, 0.15) is 6.29 Å². The average Bonchev–Trinajstić information content (AvgIpc) is 2.16. The van der Waals surface area contributed by atoms with Crippen molar-refractivity contribution >= 4 is 12.6 Å². The summed E-state index contributed by atoms with van der Waals surface area (Å²) in [6, 6.07) is 5.15. The number of carbonyl (C=O) groups is 2. The molecule has 0 unspecified atom stereocenters. The van der Waals surface area contributed by atoms with Gasteiger partial charge in [-0.25, -0.2) is 0 Å². The molecule has 0 N–H and O–H groups in total.